The molecule has 3 N–H and O–H groups in total. The molecule has 0 spiro atoms. The number of anilines is 1. The van der Waals surface area contributed by atoms with Crippen LogP contribution in [-0.4, -0.2) is 9.97 Å². The van der Waals surface area contributed by atoms with Crippen molar-refractivity contribution >= 4 is 5.82 Å². The largest absolute Gasteiger partial charge is 0.383 e. The molecular formula is C11H17N3O. The normalized spacial score (nSPS) is 17.9. The quantitative estimate of drug-likeness (QED) is 0.736. The maximum Gasteiger partial charge on any atom is 0.255 e. The summed E-state index contributed by atoms with van der Waals surface area (Å²) < 4.78 is 0. The lowest BCUT2D eigenvalue weighted by Crippen LogP contribution is -2.20. The molecule has 1 fully saturated rings. The van der Waals surface area contributed by atoms with Crippen molar-refractivity contribution in [2.45, 2.75) is 44.9 Å². The zero-order chi connectivity index (χ0) is 10.8. The lowest BCUT2D eigenvalue weighted by atomic mass is 9.88. The number of nitrogens with two attached hydrogens (primary N) is 1. The fraction of sp³-hybridized carbons (Fsp3) is 0.636. The van der Waals surface area contributed by atoms with Crippen LogP contribution < -0.4 is 11.3 Å². The SMILES string of the molecule is Cc1c(N)nc(C2CCCCC2)[nH]c1=O. The number of nitrogens with zero attached hydrogens (tertiary/aromatic N) is 1. The number of aromatic nitrogens is 2. The summed E-state index contributed by atoms with van der Waals surface area (Å²) in [6, 6.07) is 0. The van der Waals surface area contributed by atoms with E-state index in [9.17, 15) is 4.79 Å². The van der Waals surface area contributed by atoms with Gasteiger partial charge in [-0.2, -0.15) is 0 Å². The summed E-state index contributed by atoms with van der Waals surface area (Å²) in [7, 11) is 0. The van der Waals surface area contributed by atoms with Crippen LogP contribution in [0.4, 0.5) is 5.82 Å². The molecule has 0 saturated heterocycles. The average molecular weight is 207 g/mol. The van der Waals surface area contributed by atoms with E-state index in [1.54, 1.807) is 6.92 Å². The van der Waals surface area contributed by atoms with Gasteiger partial charge in [-0.3, -0.25) is 4.79 Å². The van der Waals surface area contributed by atoms with E-state index in [1.807, 2.05) is 0 Å². The molecule has 82 valence electrons. The molecule has 0 unspecified atom stereocenters. The summed E-state index contributed by atoms with van der Waals surface area (Å²) in [6.07, 6.45) is 5.98. The van der Waals surface area contributed by atoms with Gasteiger partial charge in [0.05, 0.1) is 5.56 Å². The van der Waals surface area contributed by atoms with E-state index in [2.05, 4.69) is 9.97 Å². The number of nitrogens with one attached hydrogen (secondary N) is 1. The summed E-state index contributed by atoms with van der Waals surface area (Å²) in [5.41, 5.74) is 6.13. The van der Waals surface area contributed by atoms with Gasteiger partial charge in [-0.05, 0) is 19.8 Å². The number of hydrogen-bond donors (Lipinski definition) is 2. The monoisotopic (exact) mass is 207 g/mol. The minimum Gasteiger partial charge on any atom is -0.383 e. The number of nitrogen functional groups attached to an aromatic ring is 1. The Morgan fingerprint density at radius 2 is 2.00 bits per heavy atom. The Morgan fingerprint density at radius 3 is 2.60 bits per heavy atom. The van der Waals surface area contributed by atoms with E-state index < -0.39 is 0 Å². The van der Waals surface area contributed by atoms with Crippen molar-refractivity contribution in [1.29, 1.82) is 0 Å². The molecule has 4 nitrogen and oxygen atoms in total. The van der Waals surface area contributed by atoms with E-state index in [0.717, 1.165) is 18.7 Å². The predicted octanol–water partition coefficient (Wildman–Crippen LogP) is 1.71. The molecule has 0 atom stereocenters. The van der Waals surface area contributed by atoms with Gasteiger partial charge < -0.3 is 10.7 Å². The molecule has 1 aliphatic carbocycles. The van der Waals surface area contributed by atoms with Crippen molar-refractivity contribution in [1.82, 2.24) is 9.97 Å². The van der Waals surface area contributed by atoms with Crippen LogP contribution in [0.15, 0.2) is 4.79 Å². The van der Waals surface area contributed by atoms with Gasteiger partial charge in [0.15, 0.2) is 0 Å². The first-order valence-corrected chi connectivity index (χ1v) is 5.55. The molecule has 1 heterocycles. The first-order chi connectivity index (χ1) is 7.18. The Morgan fingerprint density at radius 1 is 1.33 bits per heavy atom. The second kappa shape index (κ2) is 4.04. The van der Waals surface area contributed by atoms with E-state index in [1.165, 1.54) is 19.3 Å². The molecule has 0 aromatic carbocycles. The predicted molar refractivity (Wildman–Crippen MR) is 59.8 cm³/mol. The van der Waals surface area contributed by atoms with E-state index >= 15 is 0 Å². The second-order valence-corrected chi connectivity index (χ2v) is 4.30. The molecule has 2 rings (SSSR count). The highest BCUT2D eigenvalue weighted by Crippen LogP contribution is 2.30. The van der Waals surface area contributed by atoms with Crippen molar-refractivity contribution in [3.63, 3.8) is 0 Å². The lowest BCUT2D eigenvalue weighted by Gasteiger charge is -2.20. The zero-order valence-corrected chi connectivity index (χ0v) is 9.05. The van der Waals surface area contributed by atoms with Crippen LogP contribution in [0, 0.1) is 6.92 Å². The Kier molecular flexibility index (Phi) is 2.75. The first kappa shape index (κ1) is 10.2. The van der Waals surface area contributed by atoms with Crippen LogP contribution in [0.1, 0.15) is 49.4 Å². The molecule has 4 heteroatoms. The third-order valence-corrected chi connectivity index (χ3v) is 3.20. The molecule has 0 amide bonds. The molecule has 15 heavy (non-hydrogen) atoms. The number of aromatic amines is 1. The van der Waals surface area contributed by atoms with Gasteiger partial charge in [0.2, 0.25) is 0 Å². The first-order valence-electron chi connectivity index (χ1n) is 5.55. The Hall–Kier alpha value is -1.32. The van der Waals surface area contributed by atoms with Crippen LogP contribution in [0.2, 0.25) is 0 Å². The molecule has 1 saturated carbocycles. The number of rotatable bonds is 1. The van der Waals surface area contributed by atoms with E-state index in [0.29, 0.717) is 17.3 Å². The van der Waals surface area contributed by atoms with Crippen LogP contribution in [0.5, 0.6) is 0 Å². The number of hydrogen-bond acceptors (Lipinski definition) is 3. The smallest absolute Gasteiger partial charge is 0.255 e. The Labute approximate surface area is 88.9 Å². The number of H-pyrrole nitrogens is 1. The van der Waals surface area contributed by atoms with E-state index in [4.69, 9.17) is 5.73 Å². The van der Waals surface area contributed by atoms with Crippen LogP contribution in [0.3, 0.4) is 0 Å². The standard InChI is InChI=1S/C11H17N3O/c1-7-9(12)13-10(14-11(7)15)8-5-3-2-4-6-8/h8H,2-6H2,1H3,(H3,12,13,14,15). The molecule has 0 radical (unpaired) electrons. The summed E-state index contributed by atoms with van der Waals surface area (Å²) >= 11 is 0. The molecule has 0 bridgehead atoms. The second-order valence-electron chi connectivity index (χ2n) is 4.30. The molecule has 0 aliphatic heterocycles. The minimum atomic E-state index is -0.0944. The van der Waals surface area contributed by atoms with Crippen molar-refractivity contribution in [3.05, 3.63) is 21.7 Å². The van der Waals surface area contributed by atoms with Crippen LogP contribution in [-0.2, 0) is 0 Å². The van der Waals surface area contributed by atoms with Gasteiger partial charge >= 0.3 is 0 Å². The minimum absolute atomic E-state index is 0.0944. The average Bonchev–Trinajstić information content (AvgIpc) is 2.26. The van der Waals surface area contributed by atoms with E-state index in [-0.39, 0.29) is 5.56 Å². The van der Waals surface area contributed by atoms with Crippen LogP contribution in [0.25, 0.3) is 0 Å². The fourth-order valence-corrected chi connectivity index (χ4v) is 2.14. The van der Waals surface area contributed by atoms with Crippen molar-refractivity contribution in [2.24, 2.45) is 0 Å². The summed E-state index contributed by atoms with van der Waals surface area (Å²) in [4.78, 5) is 18.6. The van der Waals surface area contributed by atoms with Crippen molar-refractivity contribution < 1.29 is 0 Å². The zero-order valence-electron chi connectivity index (χ0n) is 9.05. The van der Waals surface area contributed by atoms with Gasteiger partial charge in [-0.1, -0.05) is 19.3 Å². The fourth-order valence-electron chi connectivity index (χ4n) is 2.14. The Balaban J connectivity index is 2.32. The topological polar surface area (TPSA) is 71.8 Å². The van der Waals surface area contributed by atoms with Crippen LogP contribution >= 0.6 is 0 Å². The van der Waals surface area contributed by atoms with Gasteiger partial charge in [0, 0.05) is 5.92 Å². The highest BCUT2D eigenvalue weighted by molar-refractivity contribution is 5.36. The van der Waals surface area contributed by atoms with Crippen molar-refractivity contribution in [2.75, 3.05) is 5.73 Å². The molecule has 1 aromatic heterocycles. The van der Waals surface area contributed by atoms with Gasteiger partial charge in [-0.25, -0.2) is 4.98 Å². The Bertz CT molecular complexity index is 405. The third kappa shape index (κ3) is 2.03. The summed E-state index contributed by atoms with van der Waals surface area (Å²) in [5, 5.41) is 0. The highest BCUT2D eigenvalue weighted by atomic mass is 16.1. The lowest BCUT2D eigenvalue weighted by molar-refractivity contribution is 0.428. The van der Waals surface area contributed by atoms with Gasteiger partial charge in [0.1, 0.15) is 11.6 Å². The third-order valence-electron chi connectivity index (χ3n) is 3.20. The van der Waals surface area contributed by atoms with Gasteiger partial charge in [0.25, 0.3) is 5.56 Å². The molecular weight excluding hydrogens is 190 g/mol. The van der Waals surface area contributed by atoms with Gasteiger partial charge in [-0.15, -0.1) is 0 Å². The highest BCUT2D eigenvalue weighted by Gasteiger charge is 2.18. The summed E-state index contributed by atoms with van der Waals surface area (Å²) in [5.74, 6) is 1.55. The summed E-state index contributed by atoms with van der Waals surface area (Å²) in [6.45, 7) is 1.70. The maximum absolute atomic E-state index is 11.5. The van der Waals surface area contributed by atoms with Crippen molar-refractivity contribution in [3.8, 4) is 0 Å². The molecule has 1 aromatic rings. The maximum atomic E-state index is 11.5. The molecule has 1 aliphatic rings.